The Hall–Kier alpha value is -2.56. The molecule has 0 fully saturated rings. The minimum atomic E-state index is -0.201. The van der Waals surface area contributed by atoms with E-state index in [0.29, 0.717) is 12.3 Å². The van der Waals surface area contributed by atoms with Gasteiger partial charge in [-0.05, 0) is 18.2 Å². The Bertz CT molecular complexity index is 643. The molecule has 1 aliphatic rings. The van der Waals surface area contributed by atoms with Crippen LogP contribution in [0.15, 0.2) is 42.6 Å². The van der Waals surface area contributed by atoms with Gasteiger partial charge in [0, 0.05) is 24.5 Å². The summed E-state index contributed by atoms with van der Waals surface area (Å²) in [7, 11) is 1.80. The van der Waals surface area contributed by atoms with Gasteiger partial charge < -0.3 is 15.4 Å². The zero-order valence-electron chi connectivity index (χ0n) is 11.1. The second-order valence-electron chi connectivity index (χ2n) is 4.55. The molecule has 2 heterocycles. The topological polar surface area (TPSA) is 63.2 Å². The summed E-state index contributed by atoms with van der Waals surface area (Å²) in [4.78, 5) is 16.3. The predicted molar refractivity (Wildman–Crippen MR) is 75.9 cm³/mol. The van der Waals surface area contributed by atoms with Gasteiger partial charge in [-0.3, -0.25) is 9.78 Å². The van der Waals surface area contributed by atoms with Crippen molar-refractivity contribution in [2.75, 3.05) is 19.0 Å². The molecular weight excluding hydrogens is 254 g/mol. The Morgan fingerprint density at radius 1 is 1.35 bits per heavy atom. The number of fused-ring (bicyclic) bond motifs is 1. The van der Waals surface area contributed by atoms with Crippen LogP contribution in [0, 0.1) is 0 Å². The van der Waals surface area contributed by atoms with Gasteiger partial charge in [0.05, 0.1) is 6.04 Å². The number of para-hydroxylation sites is 1. The first-order chi connectivity index (χ1) is 9.78. The minimum Gasteiger partial charge on any atom is -0.491 e. The molecule has 3 rings (SSSR count). The third-order valence-corrected chi connectivity index (χ3v) is 3.29. The summed E-state index contributed by atoms with van der Waals surface area (Å²) in [5.41, 5.74) is 2.25. The Morgan fingerprint density at radius 2 is 2.20 bits per heavy atom. The maximum Gasteiger partial charge on any atom is 0.270 e. The first kappa shape index (κ1) is 12.5. The number of nitrogens with zero attached hydrogens (tertiary/aromatic N) is 1. The Balaban J connectivity index is 1.77. The van der Waals surface area contributed by atoms with E-state index >= 15 is 0 Å². The van der Waals surface area contributed by atoms with Crippen molar-refractivity contribution in [1.82, 2.24) is 10.3 Å². The molecular formula is C15H15N3O2. The number of pyridine rings is 1. The van der Waals surface area contributed by atoms with Gasteiger partial charge >= 0.3 is 0 Å². The van der Waals surface area contributed by atoms with Gasteiger partial charge in [-0.1, -0.05) is 18.2 Å². The number of rotatable bonds is 3. The third-order valence-electron chi connectivity index (χ3n) is 3.29. The standard InChI is InChI=1S/C15H15N3O2/c1-16-10-6-7-17-12(8-10)15(19)18-13-9-20-14-5-3-2-4-11(13)14/h2-8,13H,9H2,1H3,(H,16,17)(H,18,19). The van der Waals surface area contributed by atoms with Crippen molar-refractivity contribution in [3.05, 3.63) is 53.9 Å². The molecule has 2 aromatic rings. The zero-order chi connectivity index (χ0) is 13.9. The lowest BCUT2D eigenvalue weighted by Crippen LogP contribution is -2.30. The highest BCUT2D eigenvalue weighted by molar-refractivity contribution is 5.93. The van der Waals surface area contributed by atoms with Gasteiger partial charge in [0.15, 0.2) is 0 Å². The lowest BCUT2D eigenvalue weighted by molar-refractivity contribution is 0.0925. The molecule has 0 spiro atoms. The van der Waals surface area contributed by atoms with Crippen LogP contribution in [0.5, 0.6) is 5.75 Å². The first-order valence-corrected chi connectivity index (χ1v) is 6.44. The third kappa shape index (κ3) is 2.30. The fourth-order valence-electron chi connectivity index (χ4n) is 2.22. The van der Waals surface area contributed by atoms with E-state index < -0.39 is 0 Å². The van der Waals surface area contributed by atoms with Crippen molar-refractivity contribution < 1.29 is 9.53 Å². The molecule has 102 valence electrons. The molecule has 0 saturated heterocycles. The highest BCUT2D eigenvalue weighted by Gasteiger charge is 2.25. The van der Waals surface area contributed by atoms with Crippen LogP contribution < -0.4 is 15.4 Å². The normalized spacial score (nSPS) is 16.1. The molecule has 1 atom stereocenters. The van der Waals surface area contributed by atoms with Crippen LogP contribution in [0.2, 0.25) is 0 Å². The Labute approximate surface area is 117 Å². The quantitative estimate of drug-likeness (QED) is 0.894. The average Bonchev–Trinajstić information content (AvgIpc) is 2.90. The van der Waals surface area contributed by atoms with Crippen LogP contribution in [0.4, 0.5) is 5.69 Å². The molecule has 5 heteroatoms. The van der Waals surface area contributed by atoms with Crippen molar-refractivity contribution in [3.8, 4) is 5.75 Å². The summed E-state index contributed by atoms with van der Waals surface area (Å²) in [6.07, 6.45) is 1.61. The number of anilines is 1. The number of carbonyl (C=O) groups is 1. The molecule has 1 aliphatic heterocycles. The van der Waals surface area contributed by atoms with Crippen molar-refractivity contribution in [2.24, 2.45) is 0 Å². The molecule has 0 bridgehead atoms. The first-order valence-electron chi connectivity index (χ1n) is 6.44. The molecule has 0 aliphatic carbocycles. The summed E-state index contributed by atoms with van der Waals surface area (Å²) in [6, 6.07) is 11.1. The second-order valence-corrected chi connectivity index (χ2v) is 4.55. The number of ether oxygens (including phenoxy) is 1. The van der Waals surface area contributed by atoms with Gasteiger partial charge in [0.1, 0.15) is 18.1 Å². The summed E-state index contributed by atoms with van der Waals surface area (Å²) < 4.78 is 5.55. The molecule has 5 nitrogen and oxygen atoms in total. The van der Waals surface area contributed by atoms with E-state index in [2.05, 4.69) is 15.6 Å². The Morgan fingerprint density at radius 3 is 3.05 bits per heavy atom. The maximum absolute atomic E-state index is 12.2. The molecule has 0 radical (unpaired) electrons. The lowest BCUT2D eigenvalue weighted by Gasteiger charge is -2.11. The monoisotopic (exact) mass is 269 g/mol. The van der Waals surface area contributed by atoms with Gasteiger partial charge in [-0.25, -0.2) is 0 Å². The molecule has 20 heavy (non-hydrogen) atoms. The van der Waals surface area contributed by atoms with Crippen molar-refractivity contribution in [2.45, 2.75) is 6.04 Å². The summed E-state index contributed by atoms with van der Waals surface area (Å²) >= 11 is 0. The number of aromatic nitrogens is 1. The minimum absolute atomic E-state index is 0.126. The fourth-order valence-corrected chi connectivity index (χ4v) is 2.22. The number of benzene rings is 1. The summed E-state index contributed by atoms with van der Waals surface area (Å²) in [5.74, 6) is 0.627. The lowest BCUT2D eigenvalue weighted by atomic mass is 10.1. The molecule has 0 saturated carbocycles. The van der Waals surface area contributed by atoms with Crippen molar-refractivity contribution in [1.29, 1.82) is 0 Å². The summed E-state index contributed by atoms with van der Waals surface area (Å²) in [6.45, 7) is 0.455. The number of nitrogens with one attached hydrogen (secondary N) is 2. The molecule has 1 aromatic carbocycles. The van der Waals surface area contributed by atoms with Crippen LogP contribution in [0.25, 0.3) is 0 Å². The van der Waals surface area contributed by atoms with Crippen LogP contribution >= 0.6 is 0 Å². The van der Waals surface area contributed by atoms with Gasteiger partial charge in [0.2, 0.25) is 0 Å². The van der Waals surface area contributed by atoms with E-state index in [1.807, 2.05) is 30.3 Å². The maximum atomic E-state index is 12.2. The summed E-state index contributed by atoms with van der Waals surface area (Å²) in [5, 5.41) is 5.94. The zero-order valence-corrected chi connectivity index (χ0v) is 11.1. The predicted octanol–water partition coefficient (Wildman–Crippen LogP) is 1.99. The number of carbonyl (C=O) groups excluding carboxylic acids is 1. The largest absolute Gasteiger partial charge is 0.491 e. The number of hydrogen-bond donors (Lipinski definition) is 2. The van der Waals surface area contributed by atoms with E-state index in [9.17, 15) is 4.79 Å². The van der Waals surface area contributed by atoms with Crippen LogP contribution in [-0.4, -0.2) is 24.5 Å². The van der Waals surface area contributed by atoms with E-state index in [4.69, 9.17) is 4.74 Å². The van der Waals surface area contributed by atoms with Crippen molar-refractivity contribution in [3.63, 3.8) is 0 Å². The van der Waals surface area contributed by atoms with E-state index in [0.717, 1.165) is 17.0 Å². The Kier molecular flexibility index (Phi) is 3.25. The average molecular weight is 269 g/mol. The number of hydrogen-bond acceptors (Lipinski definition) is 4. The van der Waals surface area contributed by atoms with Crippen molar-refractivity contribution >= 4 is 11.6 Å². The van der Waals surface area contributed by atoms with E-state index in [1.54, 1.807) is 19.3 Å². The van der Waals surface area contributed by atoms with E-state index in [-0.39, 0.29) is 11.9 Å². The van der Waals surface area contributed by atoms with Crippen LogP contribution in [0.3, 0.4) is 0 Å². The highest BCUT2D eigenvalue weighted by Crippen LogP contribution is 2.31. The van der Waals surface area contributed by atoms with Gasteiger partial charge in [-0.15, -0.1) is 0 Å². The fraction of sp³-hybridized carbons (Fsp3) is 0.200. The SMILES string of the molecule is CNc1ccnc(C(=O)NC2COc3ccccc32)c1. The molecule has 1 amide bonds. The molecule has 2 N–H and O–H groups in total. The van der Waals surface area contributed by atoms with Crippen LogP contribution in [0.1, 0.15) is 22.1 Å². The smallest absolute Gasteiger partial charge is 0.270 e. The highest BCUT2D eigenvalue weighted by atomic mass is 16.5. The van der Waals surface area contributed by atoms with E-state index in [1.165, 1.54) is 0 Å². The molecule has 1 unspecified atom stereocenters. The van der Waals surface area contributed by atoms with Crippen LogP contribution in [-0.2, 0) is 0 Å². The number of amides is 1. The molecule has 1 aromatic heterocycles. The second kappa shape index (κ2) is 5.21. The van der Waals surface area contributed by atoms with Gasteiger partial charge in [0.25, 0.3) is 5.91 Å². The van der Waals surface area contributed by atoms with Gasteiger partial charge in [-0.2, -0.15) is 0 Å².